The second-order valence-corrected chi connectivity index (χ2v) is 7.24. The van der Waals surface area contributed by atoms with Gasteiger partial charge in [0, 0.05) is 43.9 Å². The van der Waals surface area contributed by atoms with Crippen LogP contribution in [0.1, 0.15) is 22.5 Å². The molecule has 1 fully saturated rings. The highest BCUT2D eigenvalue weighted by atomic mass is 16.7. The molecule has 150 valence electrons. The molecular formula is C21H22N4O4. The number of hydrogen-bond donors (Lipinski definition) is 1. The zero-order valence-corrected chi connectivity index (χ0v) is 16.0. The van der Waals surface area contributed by atoms with E-state index in [9.17, 15) is 4.79 Å². The fraction of sp³-hybridized carbons (Fsp3) is 0.333. The molecule has 2 aliphatic heterocycles. The van der Waals surface area contributed by atoms with Gasteiger partial charge < -0.3 is 18.8 Å². The highest BCUT2D eigenvalue weighted by Crippen LogP contribution is 2.36. The first-order valence-electron chi connectivity index (χ1n) is 9.75. The fourth-order valence-electron chi connectivity index (χ4n) is 3.86. The first-order chi connectivity index (χ1) is 14.3. The van der Waals surface area contributed by atoms with Crippen LogP contribution >= 0.6 is 0 Å². The van der Waals surface area contributed by atoms with Crippen molar-refractivity contribution in [2.45, 2.75) is 13.0 Å². The maximum Gasteiger partial charge on any atom is 0.289 e. The summed E-state index contributed by atoms with van der Waals surface area (Å²) in [5.41, 5.74) is 3.12. The molecule has 8 heteroatoms. The van der Waals surface area contributed by atoms with E-state index >= 15 is 0 Å². The minimum Gasteiger partial charge on any atom is -0.459 e. The van der Waals surface area contributed by atoms with Gasteiger partial charge in [0.25, 0.3) is 5.91 Å². The average molecular weight is 394 g/mol. The zero-order valence-electron chi connectivity index (χ0n) is 16.0. The Bertz CT molecular complexity index is 998. The molecule has 0 bridgehead atoms. The summed E-state index contributed by atoms with van der Waals surface area (Å²) in [6.07, 6.45) is 4.33. The summed E-state index contributed by atoms with van der Waals surface area (Å²) in [5.74, 6) is 1.88. The van der Waals surface area contributed by atoms with Crippen molar-refractivity contribution in [1.29, 1.82) is 0 Å². The van der Waals surface area contributed by atoms with Crippen LogP contribution in [0.2, 0.25) is 0 Å². The summed E-state index contributed by atoms with van der Waals surface area (Å²) in [6.45, 7) is 4.16. The van der Waals surface area contributed by atoms with Gasteiger partial charge in [0.05, 0.1) is 18.2 Å². The Hall–Kier alpha value is -3.26. The van der Waals surface area contributed by atoms with E-state index in [-0.39, 0.29) is 12.7 Å². The molecule has 0 saturated carbocycles. The second-order valence-electron chi connectivity index (χ2n) is 7.24. The molecule has 2 aliphatic rings. The van der Waals surface area contributed by atoms with Crippen LogP contribution in [0.4, 0.5) is 0 Å². The SMILES string of the molecule is O=C(c1ccco1)N1CCCN(Cc2cn[nH]c2-c2ccc3c(c2)OCO3)CC1. The summed E-state index contributed by atoms with van der Waals surface area (Å²) in [5, 5.41) is 7.37. The molecule has 0 radical (unpaired) electrons. The van der Waals surface area contributed by atoms with Crippen LogP contribution in [-0.2, 0) is 6.54 Å². The summed E-state index contributed by atoms with van der Waals surface area (Å²) in [4.78, 5) is 16.8. The van der Waals surface area contributed by atoms with E-state index in [4.69, 9.17) is 13.9 Å². The molecule has 5 rings (SSSR count). The predicted octanol–water partition coefficient (Wildman–Crippen LogP) is 2.75. The van der Waals surface area contributed by atoms with E-state index in [0.29, 0.717) is 12.3 Å². The lowest BCUT2D eigenvalue weighted by Gasteiger charge is -2.21. The van der Waals surface area contributed by atoms with Crippen LogP contribution < -0.4 is 9.47 Å². The van der Waals surface area contributed by atoms with Crippen LogP contribution in [0.3, 0.4) is 0 Å². The van der Waals surface area contributed by atoms with Crippen molar-refractivity contribution in [3.8, 4) is 22.8 Å². The smallest absolute Gasteiger partial charge is 0.289 e. The number of fused-ring (bicyclic) bond motifs is 1. The molecule has 0 atom stereocenters. The largest absolute Gasteiger partial charge is 0.459 e. The molecule has 1 aromatic carbocycles. The van der Waals surface area contributed by atoms with Crippen LogP contribution in [0.5, 0.6) is 11.5 Å². The number of nitrogens with one attached hydrogen (secondary N) is 1. The van der Waals surface area contributed by atoms with Crippen molar-refractivity contribution in [3.63, 3.8) is 0 Å². The topological polar surface area (TPSA) is 83.8 Å². The zero-order chi connectivity index (χ0) is 19.6. The van der Waals surface area contributed by atoms with E-state index in [0.717, 1.165) is 60.9 Å². The molecule has 2 aromatic heterocycles. The van der Waals surface area contributed by atoms with Crippen molar-refractivity contribution < 1.29 is 18.7 Å². The molecule has 0 aliphatic carbocycles. The number of ether oxygens (including phenoxy) is 2. The van der Waals surface area contributed by atoms with Crippen LogP contribution in [0.25, 0.3) is 11.3 Å². The number of aromatic nitrogens is 2. The predicted molar refractivity (Wildman–Crippen MR) is 105 cm³/mol. The van der Waals surface area contributed by atoms with Gasteiger partial charge in [-0.2, -0.15) is 5.10 Å². The number of furan rings is 1. The Balaban J connectivity index is 1.27. The molecule has 29 heavy (non-hydrogen) atoms. The van der Waals surface area contributed by atoms with Gasteiger partial charge in [-0.15, -0.1) is 0 Å². The van der Waals surface area contributed by atoms with Gasteiger partial charge in [-0.25, -0.2) is 0 Å². The Morgan fingerprint density at radius 1 is 1.10 bits per heavy atom. The third-order valence-corrected chi connectivity index (χ3v) is 5.38. The van der Waals surface area contributed by atoms with Gasteiger partial charge >= 0.3 is 0 Å². The average Bonchev–Trinajstić information content (AvgIpc) is 3.47. The molecule has 1 N–H and O–H groups in total. The van der Waals surface area contributed by atoms with Gasteiger partial charge in [-0.1, -0.05) is 0 Å². The van der Waals surface area contributed by atoms with E-state index in [1.165, 1.54) is 6.26 Å². The Kier molecular flexibility index (Phi) is 4.69. The number of carbonyl (C=O) groups is 1. The van der Waals surface area contributed by atoms with Crippen molar-refractivity contribution in [3.05, 3.63) is 54.1 Å². The number of benzene rings is 1. The highest BCUT2D eigenvalue weighted by molar-refractivity contribution is 5.91. The minimum atomic E-state index is -0.0405. The summed E-state index contributed by atoms with van der Waals surface area (Å²) >= 11 is 0. The molecule has 4 heterocycles. The maximum absolute atomic E-state index is 12.5. The number of hydrogen-bond acceptors (Lipinski definition) is 6. The third kappa shape index (κ3) is 3.58. The first-order valence-corrected chi connectivity index (χ1v) is 9.75. The summed E-state index contributed by atoms with van der Waals surface area (Å²) in [6, 6.07) is 9.37. The molecule has 0 spiro atoms. The number of aromatic amines is 1. The molecule has 8 nitrogen and oxygen atoms in total. The fourth-order valence-corrected chi connectivity index (χ4v) is 3.86. The minimum absolute atomic E-state index is 0.0405. The standard InChI is InChI=1S/C21H22N4O4/c26-21(18-3-1-10-27-18)25-7-2-6-24(8-9-25)13-16-12-22-23-20(16)15-4-5-17-19(11-15)29-14-28-17/h1,3-5,10-12H,2,6-9,13-14H2,(H,22,23). The number of nitrogens with zero attached hydrogens (tertiary/aromatic N) is 3. The molecule has 1 saturated heterocycles. The van der Waals surface area contributed by atoms with Crippen LogP contribution in [-0.4, -0.2) is 58.9 Å². The summed E-state index contributed by atoms with van der Waals surface area (Å²) in [7, 11) is 0. The normalized spacial score (nSPS) is 16.8. The molecule has 1 amide bonds. The highest BCUT2D eigenvalue weighted by Gasteiger charge is 2.23. The first kappa shape index (κ1) is 17.8. The van der Waals surface area contributed by atoms with Gasteiger partial charge in [0.15, 0.2) is 17.3 Å². The van der Waals surface area contributed by atoms with Crippen molar-refractivity contribution in [2.75, 3.05) is 33.0 Å². The lowest BCUT2D eigenvalue weighted by Crippen LogP contribution is -2.34. The van der Waals surface area contributed by atoms with Crippen LogP contribution in [0.15, 0.2) is 47.2 Å². The molecular weight excluding hydrogens is 372 g/mol. The van der Waals surface area contributed by atoms with Crippen molar-refractivity contribution in [1.82, 2.24) is 20.0 Å². The number of H-pyrrole nitrogens is 1. The monoisotopic (exact) mass is 394 g/mol. The lowest BCUT2D eigenvalue weighted by molar-refractivity contribution is 0.0729. The van der Waals surface area contributed by atoms with Crippen LogP contribution in [0, 0.1) is 0 Å². The second kappa shape index (κ2) is 7.63. The lowest BCUT2D eigenvalue weighted by atomic mass is 10.1. The Morgan fingerprint density at radius 2 is 2.03 bits per heavy atom. The van der Waals surface area contributed by atoms with E-state index in [1.807, 2.05) is 29.3 Å². The third-order valence-electron chi connectivity index (χ3n) is 5.38. The van der Waals surface area contributed by atoms with Gasteiger partial charge in [-0.3, -0.25) is 14.8 Å². The number of carbonyl (C=O) groups excluding carboxylic acids is 1. The number of rotatable bonds is 4. The van der Waals surface area contributed by atoms with Gasteiger partial charge in [0.2, 0.25) is 6.79 Å². The quantitative estimate of drug-likeness (QED) is 0.733. The van der Waals surface area contributed by atoms with Gasteiger partial charge in [0.1, 0.15) is 0 Å². The summed E-state index contributed by atoms with van der Waals surface area (Å²) < 4.78 is 16.2. The van der Waals surface area contributed by atoms with E-state index in [2.05, 4.69) is 15.1 Å². The maximum atomic E-state index is 12.5. The Morgan fingerprint density at radius 3 is 2.93 bits per heavy atom. The van der Waals surface area contributed by atoms with Gasteiger partial charge in [-0.05, 0) is 36.8 Å². The van der Waals surface area contributed by atoms with E-state index in [1.54, 1.807) is 12.1 Å². The molecule has 3 aromatic rings. The molecule has 0 unspecified atom stereocenters. The van der Waals surface area contributed by atoms with Crippen molar-refractivity contribution in [2.24, 2.45) is 0 Å². The van der Waals surface area contributed by atoms with E-state index < -0.39 is 0 Å². The number of amides is 1. The van der Waals surface area contributed by atoms with Crippen molar-refractivity contribution >= 4 is 5.91 Å². The Labute approximate surface area is 168 Å².